The van der Waals surface area contributed by atoms with Gasteiger partial charge in [0, 0.05) is 12.7 Å². The average molecular weight is 269 g/mol. The number of hydrogen-bond donors (Lipinski definition) is 3. The van der Waals surface area contributed by atoms with Gasteiger partial charge in [-0.2, -0.15) is 9.97 Å². The maximum atomic E-state index is 5.67. The van der Waals surface area contributed by atoms with Crippen molar-refractivity contribution in [2.75, 3.05) is 11.1 Å². The van der Waals surface area contributed by atoms with Crippen LogP contribution < -0.4 is 11.1 Å². The van der Waals surface area contributed by atoms with E-state index in [0.717, 1.165) is 16.9 Å². The number of nitrogens with one attached hydrogen (secondary N) is 2. The van der Waals surface area contributed by atoms with Gasteiger partial charge in [0.25, 0.3) is 0 Å². The zero-order chi connectivity index (χ0) is 14.4. The number of fused-ring (bicyclic) bond motifs is 1. The average Bonchev–Trinajstić information content (AvgIpc) is 2.96. The molecule has 0 atom stereocenters. The molecule has 3 rings (SSSR count). The van der Waals surface area contributed by atoms with Crippen LogP contribution in [0.3, 0.4) is 0 Å². The van der Waals surface area contributed by atoms with Gasteiger partial charge in [-0.15, -0.1) is 0 Å². The highest BCUT2D eigenvalue weighted by Gasteiger charge is 2.06. The number of hydrogen-bond acceptors (Lipinski definition) is 4. The van der Waals surface area contributed by atoms with Crippen molar-refractivity contribution in [3.8, 4) is 0 Å². The van der Waals surface area contributed by atoms with Crippen LogP contribution in [0.15, 0.2) is 42.6 Å². The lowest BCUT2D eigenvalue weighted by molar-refractivity contribution is 1.11. The Bertz CT molecular complexity index is 660. The summed E-state index contributed by atoms with van der Waals surface area (Å²) in [6, 6.07) is 12.1. The van der Waals surface area contributed by atoms with E-state index in [1.165, 1.54) is 5.56 Å². The molecule has 0 aliphatic heterocycles. The molecule has 104 valence electrons. The Labute approximate surface area is 118 Å². The fourth-order valence-electron chi connectivity index (χ4n) is 1.87. The molecule has 20 heavy (non-hydrogen) atoms. The Kier molecular flexibility index (Phi) is 4.55. The van der Waals surface area contributed by atoms with Crippen LogP contribution in [0.25, 0.3) is 11.0 Å². The zero-order valence-electron chi connectivity index (χ0n) is 11.7. The number of aromatic nitrogens is 3. The van der Waals surface area contributed by atoms with Crippen LogP contribution in [0.2, 0.25) is 0 Å². The fourth-order valence-corrected chi connectivity index (χ4v) is 1.87. The molecule has 0 unspecified atom stereocenters. The summed E-state index contributed by atoms with van der Waals surface area (Å²) in [5.41, 5.74) is 7.61. The number of aromatic amines is 1. The number of nitrogen functional groups attached to an aromatic ring is 1. The van der Waals surface area contributed by atoms with Crippen LogP contribution in [0.4, 0.5) is 11.8 Å². The summed E-state index contributed by atoms with van der Waals surface area (Å²) in [5.74, 6) is 1.02. The number of H-pyrrole nitrogens is 1. The third-order valence-electron chi connectivity index (χ3n) is 2.74. The van der Waals surface area contributed by atoms with Gasteiger partial charge < -0.3 is 16.0 Å². The predicted octanol–water partition coefficient (Wildman–Crippen LogP) is 3.18. The van der Waals surface area contributed by atoms with Crippen molar-refractivity contribution in [1.29, 1.82) is 0 Å². The summed E-state index contributed by atoms with van der Waals surface area (Å²) in [6.07, 6.45) is 1.83. The SMILES string of the molecule is CC.Nc1nc(NCc2ccccc2)c2cc[nH]c2n1. The lowest BCUT2D eigenvalue weighted by Gasteiger charge is -2.07. The third kappa shape index (κ3) is 3.06. The van der Waals surface area contributed by atoms with Gasteiger partial charge in [-0.1, -0.05) is 44.2 Å². The summed E-state index contributed by atoms with van der Waals surface area (Å²) >= 11 is 0. The van der Waals surface area contributed by atoms with Gasteiger partial charge in [0.15, 0.2) is 0 Å². The Hall–Kier alpha value is -2.56. The first-order chi connectivity index (χ1) is 9.83. The van der Waals surface area contributed by atoms with Gasteiger partial charge in [-0.3, -0.25) is 0 Å². The van der Waals surface area contributed by atoms with Gasteiger partial charge >= 0.3 is 0 Å². The highest BCUT2D eigenvalue weighted by molar-refractivity contribution is 5.87. The summed E-state index contributed by atoms with van der Waals surface area (Å²) in [4.78, 5) is 11.4. The predicted molar refractivity (Wildman–Crippen MR) is 83.4 cm³/mol. The summed E-state index contributed by atoms with van der Waals surface area (Å²) < 4.78 is 0. The maximum absolute atomic E-state index is 5.67. The van der Waals surface area contributed by atoms with Crippen molar-refractivity contribution in [2.24, 2.45) is 0 Å². The van der Waals surface area contributed by atoms with E-state index in [4.69, 9.17) is 5.73 Å². The molecule has 0 spiro atoms. The molecular weight excluding hydrogens is 250 g/mol. The highest BCUT2D eigenvalue weighted by Crippen LogP contribution is 2.20. The van der Waals surface area contributed by atoms with E-state index < -0.39 is 0 Å². The quantitative estimate of drug-likeness (QED) is 0.682. The van der Waals surface area contributed by atoms with E-state index in [2.05, 4.69) is 32.4 Å². The molecule has 0 amide bonds. The molecule has 0 bridgehead atoms. The number of rotatable bonds is 3. The van der Waals surface area contributed by atoms with Crippen molar-refractivity contribution < 1.29 is 0 Å². The molecule has 0 aliphatic carbocycles. The summed E-state index contributed by atoms with van der Waals surface area (Å²) in [5, 5.41) is 4.22. The molecule has 1 aromatic carbocycles. The molecule has 0 fully saturated rings. The summed E-state index contributed by atoms with van der Waals surface area (Å²) in [6.45, 7) is 4.71. The van der Waals surface area contributed by atoms with Gasteiger partial charge in [-0.05, 0) is 11.6 Å². The van der Waals surface area contributed by atoms with E-state index in [1.807, 2.05) is 44.3 Å². The van der Waals surface area contributed by atoms with Crippen LogP contribution in [-0.2, 0) is 6.54 Å². The van der Waals surface area contributed by atoms with E-state index in [-0.39, 0.29) is 5.95 Å². The van der Waals surface area contributed by atoms with Crippen molar-refractivity contribution in [1.82, 2.24) is 15.0 Å². The maximum Gasteiger partial charge on any atom is 0.223 e. The van der Waals surface area contributed by atoms with Crippen LogP contribution in [-0.4, -0.2) is 15.0 Å². The molecule has 0 saturated carbocycles. The van der Waals surface area contributed by atoms with E-state index >= 15 is 0 Å². The molecular formula is C15H19N5. The molecule has 4 N–H and O–H groups in total. The normalized spacial score (nSPS) is 9.90. The van der Waals surface area contributed by atoms with Gasteiger partial charge in [0.05, 0.1) is 5.39 Å². The number of anilines is 2. The third-order valence-corrected chi connectivity index (χ3v) is 2.74. The largest absolute Gasteiger partial charge is 0.368 e. The number of nitrogens with zero attached hydrogens (tertiary/aromatic N) is 2. The molecule has 5 nitrogen and oxygen atoms in total. The molecule has 0 radical (unpaired) electrons. The van der Waals surface area contributed by atoms with E-state index in [0.29, 0.717) is 6.54 Å². The van der Waals surface area contributed by atoms with Crippen molar-refractivity contribution >= 4 is 22.8 Å². The van der Waals surface area contributed by atoms with Gasteiger partial charge in [0.1, 0.15) is 11.5 Å². The number of nitrogens with two attached hydrogens (primary N) is 1. The van der Waals surface area contributed by atoms with Gasteiger partial charge in [0.2, 0.25) is 5.95 Å². The Morgan fingerprint density at radius 1 is 1.10 bits per heavy atom. The van der Waals surface area contributed by atoms with Crippen LogP contribution in [0.1, 0.15) is 19.4 Å². The second-order valence-corrected chi connectivity index (χ2v) is 4.01. The van der Waals surface area contributed by atoms with Gasteiger partial charge in [-0.25, -0.2) is 0 Å². The molecule has 3 aromatic rings. The van der Waals surface area contributed by atoms with Crippen molar-refractivity contribution in [3.05, 3.63) is 48.2 Å². The minimum atomic E-state index is 0.264. The minimum Gasteiger partial charge on any atom is -0.368 e. The van der Waals surface area contributed by atoms with Crippen molar-refractivity contribution in [3.63, 3.8) is 0 Å². The second-order valence-electron chi connectivity index (χ2n) is 4.01. The van der Waals surface area contributed by atoms with Crippen molar-refractivity contribution in [2.45, 2.75) is 20.4 Å². The molecule has 0 aliphatic rings. The first-order valence-corrected chi connectivity index (χ1v) is 6.71. The Balaban J connectivity index is 0.000000704. The second kappa shape index (κ2) is 6.56. The first kappa shape index (κ1) is 13.9. The van der Waals surface area contributed by atoms with Crippen LogP contribution in [0.5, 0.6) is 0 Å². The molecule has 0 saturated heterocycles. The standard InChI is InChI=1S/C13H13N5.C2H6/c14-13-17-11-10(6-7-15-11)12(18-13)16-8-9-4-2-1-3-5-9;1-2/h1-7H,8H2,(H4,14,15,16,17,18);1-2H3. The monoisotopic (exact) mass is 269 g/mol. The van der Waals surface area contributed by atoms with Crippen LogP contribution in [0, 0.1) is 0 Å². The lowest BCUT2D eigenvalue weighted by Crippen LogP contribution is -2.04. The zero-order valence-corrected chi connectivity index (χ0v) is 11.7. The Morgan fingerprint density at radius 2 is 1.85 bits per heavy atom. The Morgan fingerprint density at radius 3 is 2.60 bits per heavy atom. The first-order valence-electron chi connectivity index (χ1n) is 6.71. The smallest absolute Gasteiger partial charge is 0.223 e. The van der Waals surface area contributed by atoms with E-state index in [9.17, 15) is 0 Å². The topological polar surface area (TPSA) is 79.6 Å². The number of benzene rings is 1. The minimum absolute atomic E-state index is 0.264. The fraction of sp³-hybridized carbons (Fsp3) is 0.200. The van der Waals surface area contributed by atoms with Crippen LogP contribution >= 0.6 is 0 Å². The molecule has 2 aromatic heterocycles. The summed E-state index contributed by atoms with van der Waals surface area (Å²) in [7, 11) is 0. The molecule has 2 heterocycles. The molecule has 5 heteroatoms. The van der Waals surface area contributed by atoms with E-state index in [1.54, 1.807) is 0 Å². The highest BCUT2D eigenvalue weighted by atomic mass is 15.1. The lowest BCUT2D eigenvalue weighted by atomic mass is 10.2.